The van der Waals surface area contributed by atoms with E-state index in [9.17, 15) is 4.79 Å². The maximum Gasteiger partial charge on any atom is 0.259 e. The fourth-order valence-corrected chi connectivity index (χ4v) is 4.11. The van der Waals surface area contributed by atoms with Gasteiger partial charge in [-0.3, -0.25) is 9.78 Å². The van der Waals surface area contributed by atoms with Crippen molar-refractivity contribution in [2.75, 3.05) is 21.0 Å². The summed E-state index contributed by atoms with van der Waals surface area (Å²) < 4.78 is 23.9. The van der Waals surface area contributed by atoms with Crippen LogP contribution in [-0.2, 0) is 6.54 Å². The lowest BCUT2D eigenvalue weighted by Crippen LogP contribution is -2.21. The summed E-state index contributed by atoms with van der Waals surface area (Å²) in [6.07, 6.45) is 3.69. The average molecular weight is 406 g/mol. The molecule has 0 aliphatic carbocycles. The van der Waals surface area contributed by atoms with E-state index in [4.69, 9.17) is 18.9 Å². The van der Waals surface area contributed by atoms with Gasteiger partial charge in [-0.2, -0.15) is 0 Å². The lowest BCUT2D eigenvalue weighted by molar-refractivity contribution is 0.174. The number of unbranched alkanes of at least 4 members (excludes halogenated alkanes) is 1. The van der Waals surface area contributed by atoms with Crippen LogP contribution in [0.25, 0.3) is 32.6 Å². The first-order valence-corrected chi connectivity index (χ1v) is 9.96. The number of ether oxygens (including phenoxy) is 4. The lowest BCUT2D eigenvalue weighted by atomic mass is 10.0. The van der Waals surface area contributed by atoms with Crippen LogP contribution in [0, 0.1) is 0 Å². The molecular weight excluding hydrogens is 384 g/mol. The molecule has 1 aliphatic rings. The van der Waals surface area contributed by atoms with Gasteiger partial charge in [0, 0.05) is 35.0 Å². The maximum absolute atomic E-state index is 13.6. The molecule has 2 aromatic carbocycles. The zero-order valence-corrected chi connectivity index (χ0v) is 17.2. The predicted octanol–water partition coefficient (Wildman–Crippen LogP) is 4.25. The molecule has 0 bridgehead atoms. The van der Waals surface area contributed by atoms with Gasteiger partial charge in [-0.25, -0.2) is 0 Å². The molecule has 0 saturated heterocycles. The SMILES string of the molecule is CCCCn1c(=O)c2cc3c(cc2c2cnc4cc(OC)c(OC)cc4c21)OCO3. The highest BCUT2D eigenvalue weighted by molar-refractivity contribution is 6.15. The zero-order chi connectivity index (χ0) is 20.8. The Kier molecular flexibility index (Phi) is 4.38. The third kappa shape index (κ3) is 2.65. The van der Waals surface area contributed by atoms with E-state index in [0.717, 1.165) is 40.0 Å². The summed E-state index contributed by atoms with van der Waals surface area (Å²) in [6, 6.07) is 7.39. The Balaban J connectivity index is 1.96. The first-order chi connectivity index (χ1) is 14.7. The number of aryl methyl sites for hydroxylation is 1. The average Bonchev–Trinajstić information content (AvgIpc) is 3.24. The first-order valence-electron chi connectivity index (χ1n) is 9.96. The van der Waals surface area contributed by atoms with Gasteiger partial charge >= 0.3 is 0 Å². The van der Waals surface area contributed by atoms with Crippen LogP contribution in [0.3, 0.4) is 0 Å². The van der Waals surface area contributed by atoms with Gasteiger partial charge in [0.05, 0.1) is 30.6 Å². The molecule has 4 aromatic rings. The molecular formula is C23H22N2O5. The molecule has 0 amide bonds. The number of fused-ring (bicyclic) bond motifs is 6. The van der Waals surface area contributed by atoms with Crippen LogP contribution in [0.4, 0.5) is 0 Å². The van der Waals surface area contributed by atoms with E-state index in [2.05, 4.69) is 11.9 Å². The zero-order valence-electron chi connectivity index (χ0n) is 17.2. The number of nitrogens with zero attached hydrogens (tertiary/aromatic N) is 2. The summed E-state index contributed by atoms with van der Waals surface area (Å²) in [5.41, 5.74) is 1.53. The van der Waals surface area contributed by atoms with Gasteiger partial charge in [-0.05, 0) is 24.6 Å². The van der Waals surface area contributed by atoms with Crippen molar-refractivity contribution in [1.82, 2.24) is 9.55 Å². The van der Waals surface area contributed by atoms with Crippen molar-refractivity contribution < 1.29 is 18.9 Å². The fraction of sp³-hybridized carbons (Fsp3) is 0.304. The molecule has 7 nitrogen and oxygen atoms in total. The first kappa shape index (κ1) is 18.5. The Morgan fingerprint density at radius 3 is 2.37 bits per heavy atom. The van der Waals surface area contributed by atoms with Crippen molar-refractivity contribution in [2.45, 2.75) is 26.3 Å². The second kappa shape index (κ2) is 7.09. The summed E-state index contributed by atoms with van der Waals surface area (Å²) in [5.74, 6) is 2.44. The number of hydrogen-bond donors (Lipinski definition) is 0. The number of aromatic nitrogens is 2. The molecule has 1 aliphatic heterocycles. The number of methoxy groups -OCH3 is 2. The molecule has 0 saturated carbocycles. The minimum absolute atomic E-state index is 0.0495. The fourth-order valence-electron chi connectivity index (χ4n) is 4.11. The van der Waals surface area contributed by atoms with Crippen molar-refractivity contribution in [3.8, 4) is 23.0 Å². The van der Waals surface area contributed by atoms with E-state index < -0.39 is 0 Å². The molecule has 0 N–H and O–H groups in total. The molecule has 2 aromatic heterocycles. The summed E-state index contributed by atoms with van der Waals surface area (Å²) in [5, 5.41) is 3.14. The Morgan fingerprint density at radius 2 is 1.67 bits per heavy atom. The topological polar surface area (TPSA) is 71.8 Å². The summed E-state index contributed by atoms with van der Waals surface area (Å²) >= 11 is 0. The number of benzene rings is 2. The number of rotatable bonds is 5. The minimum Gasteiger partial charge on any atom is -0.493 e. The smallest absolute Gasteiger partial charge is 0.259 e. The highest BCUT2D eigenvalue weighted by Gasteiger charge is 2.21. The lowest BCUT2D eigenvalue weighted by Gasteiger charge is -2.16. The Labute approximate surface area is 172 Å². The van der Waals surface area contributed by atoms with Crippen molar-refractivity contribution in [1.29, 1.82) is 0 Å². The molecule has 3 heterocycles. The van der Waals surface area contributed by atoms with Gasteiger partial charge in [0.1, 0.15) is 0 Å². The van der Waals surface area contributed by atoms with Gasteiger partial charge in [0.15, 0.2) is 23.0 Å². The van der Waals surface area contributed by atoms with Crippen LogP contribution >= 0.6 is 0 Å². The summed E-state index contributed by atoms with van der Waals surface area (Å²) in [4.78, 5) is 18.2. The van der Waals surface area contributed by atoms with E-state index in [-0.39, 0.29) is 12.4 Å². The largest absolute Gasteiger partial charge is 0.493 e. The van der Waals surface area contributed by atoms with E-state index >= 15 is 0 Å². The van der Waals surface area contributed by atoms with Crippen LogP contribution in [0.5, 0.6) is 23.0 Å². The Bertz CT molecular complexity index is 1360. The predicted molar refractivity (Wildman–Crippen MR) is 115 cm³/mol. The van der Waals surface area contributed by atoms with Gasteiger partial charge in [-0.1, -0.05) is 13.3 Å². The molecule has 7 heteroatoms. The van der Waals surface area contributed by atoms with Gasteiger partial charge < -0.3 is 23.5 Å². The Morgan fingerprint density at radius 1 is 0.967 bits per heavy atom. The molecule has 5 rings (SSSR count). The molecule has 154 valence electrons. The monoisotopic (exact) mass is 406 g/mol. The highest BCUT2D eigenvalue weighted by atomic mass is 16.7. The maximum atomic E-state index is 13.6. The van der Waals surface area contributed by atoms with Crippen LogP contribution in [0.15, 0.2) is 35.3 Å². The van der Waals surface area contributed by atoms with Crippen LogP contribution < -0.4 is 24.5 Å². The van der Waals surface area contributed by atoms with Gasteiger partial charge in [0.25, 0.3) is 5.56 Å². The number of pyridine rings is 2. The van der Waals surface area contributed by atoms with Gasteiger partial charge in [-0.15, -0.1) is 0 Å². The molecule has 0 spiro atoms. The van der Waals surface area contributed by atoms with E-state index in [1.54, 1.807) is 20.3 Å². The molecule has 30 heavy (non-hydrogen) atoms. The summed E-state index contributed by atoms with van der Waals surface area (Å²) in [7, 11) is 3.19. The second-order valence-electron chi connectivity index (χ2n) is 7.31. The highest BCUT2D eigenvalue weighted by Crippen LogP contribution is 2.40. The molecule has 0 unspecified atom stereocenters. The van der Waals surface area contributed by atoms with Crippen LogP contribution in [0.2, 0.25) is 0 Å². The third-order valence-electron chi connectivity index (χ3n) is 5.63. The van der Waals surface area contributed by atoms with Crippen LogP contribution in [-0.4, -0.2) is 30.6 Å². The van der Waals surface area contributed by atoms with E-state index in [0.29, 0.717) is 34.9 Å². The molecule has 0 fully saturated rings. The van der Waals surface area contributed by atoms with Gasteiger partial charge in [0.2, 0.25) is 6.79 Å². The molecule has 0 atom stereocenters. The van der Waals surface area contributed by atoms with E-state index in [1.807, 2.05) is 29.0 Å². The van der Waals surface area contributed by atoms with E-state index in [1.165, 1.54) is 0 Å². The normalized spacial score (nSPS) is 12.8. The quantitative estimate of drug-likeness (QED) is 0.462. The standard InChI is InChI=1S/C23H22N2O5/c1-4-5-6-25-22-15-9-18(27-2)19(28-3)10-17(15)24-11-16(22)13-7-20-21(30-12-29-20)8-14(13)23(25)26/h7-11H,4-6,12H2,1-3H3. The number of hydrogen-bond acceptors (Lipinski definition) is 6. The third-order valence-corrected chi connectivity index (χ3v) is 5.63. The summed E-state index contributed by atoms with van der Waals surface area (Å²) in [6.45, 7) is 2.88. The Hall–Kier alpha value is -3.48. The van der Waals surface area contributed by atoms with Crippen LogP contribution in [0.1, 0.15) is 19.8 Å². The van der Waals surface area contributed by atoms with Crippen molar-refractivity contribution >= 4 is 32.6 Å². The second-order valence-corrected chi connectivity index (χ2v) is 7.31. The minimum atomic E-state index is -0.0495. The molecule has 0 radical (unpaired) electrons. The van der Waals surface area contributed by atoms with Crippen molar-refractivity contribution in [3.63, 3.8) is 0 Å². The van der Waals surface area contributed by atoms with Crippen molar-refractivity contribution in [3.05, 3.63) is 40.8 Å². The van der Waals surface area contributed by atoms with Crippen molar-refractivity contribution in [2.24, 2.45) is 0 Å².